The highest BCUT2D eigenvalue weighted by Gasteiger charge is 2.29. The van der Waals surface area contributed by atoms with Crippen LogP contribution < -0.4 is 0 Å². The van der Waals surface area contributed by atoms with Crippen molar-refractivity contribution in [3.8, 4) is 0 Å². The predicted molar refractivity (Wildman–Crippen MR) is 57.5 cm³/mol. The van der Waals surface area contributed by atoms with E-state index in [0.717, 1.165) is 6.54 Å². The molecule has 1 aliphatic rings. The molecule has 15 heavy (non-hydrogen) atoms. The molecule has 1 rings (SSSR count). The van der Waals surface area contributed by atoms with Crippen molar-refractivity contribution in [3.63, 3.8) is 0 Å². The van der Waals surface area contributed by atoms with Crippen LogP contribution in [0.4, 0.5) is 0 Å². The summed E-state index contributed by atoms with van der Waals surface area (Å²) in [6.07, 6.45) is 1.96. The summed E-state index contributed by atoms with van der Waals surface area (Å²) in [6, 6.07) is 0.631. The van der Waals surface area contributed by atoms with Crippen molar-refractivity contribution in [2.24, 2.45) is 0 Å². The van der Waals surface area contributed by atoms with Gasteiger partial charge in [0.2, 0.25) is 0 Å². The first kappa shape index (κ1) is 12.5. The van der Waals surface area contributed by atoms with E-state index in [9.17, 15) is 9.90 Å². The second-order valence-electron chi connectivity index (χ2n) is 3.98. The van der Waals surface area contributed by atoms with Gasteiger partial charge >= 0.3 is 5.97 Å². The maximum absolute atomic E-state index is 11.1. The van der Waals surface area contributed by atoms with Crippen LogP contribution in [0.15, 0.2) is 0 Å². The van der Waals surface area contributed by atoms with Crippen LogP contribution in [0.25, 0.3) is 0 Å². The zero-order chi connectivity index (χ0) is 11.3. The number of hydrogen-bond acceptors (Lipinski definition) is 4. The van der Waals surface area contributed by atoms with Gasteiger partial charge in [0.15, 0.2) is 0 Å². The monoisotopic (exact) mass is 215 g/mol. The minimum absolute atomic E-state index is 0.108. The van der Waals surface area contributed by atoms with Gasteiger partial charge in [-0.15, -0.1) is 0 Å². The fourth-order valence-corrected chi connectivity index (χ4v) is 1.72. The zero-order valence-corrected chi connectivity index (χ0v) is 9.61. The summed E-state index contributed by atoms with van der Waals surface area (Å²) in [5, 5.41) is 9.68. The Balaban J connectivity index is 2.21. The van der Waals surface area contributed by atoms with Gasteiger partial charge in [0.25, 0.3) is 0 Å². The Bertz CT molecular complexity index is 204. The van der Waals surface area contributed by atoms with Crippen molar-refractivity contribution < 1.29 is 14.6 Å². The smallest absolute Gasteiger partial charge is 0.308 e. The highest BCUT2D eigenvalue weighted by atomic mass is 16.5. The quantitative estimate of drug-likeness (QED) is 0.638. The lowest BCUT2D eigenvalue weighted by atomic mass is 10.2. The number of rotatable bonds is 7. The maximum Gasteiger partial charge on any atom is 0.308 e. The summed E-state index contributed by atoms with van der Waals surface area (Å²) in [7, 11) is 0. The standard InChI is InChI=1S/C11H21NO3/c1-3-12(9-5-6-9)8-10(13)7-11(14)15-4-2/h9-10,13H,3-8H2,1-2H3. The van der Waals surface area contributed by atoms with Crippen LogP contribution in [0.2, 0.25) is 0 Å². The van der Waals surface area contributed by atoms with Crippen LogP contribution in [0, 0.1) is 0 Å². The van der Waals surface area contributed by atoms with Crippen LogP contribution in [-0.2, 0) is 9.53 Å². The first-order valence-electron chi connectivity index (χ1n) is 5.75. The highest BCUT2D eigenvalue weighted by Crippen LogP contribution is 2.26. The lowest BCUT2D eigenvalue weighted by Gasteiger charge is -2.22. The van der Waals surface area contributed by atoms with Crippen LogP contribution in [0.1, 0.15) is 33.1 Å². The summed E-state index contributed by atoms with van der Waals surface area (Å²) in [4.78, 5) is 13.3. The topological polar surface area (TPSA) is 49.8 Å². The van der Waals surface area contributed by atoms with Crippen molar-refractivity contribution in [1.29, 1.82) is 0 Å². The van der Waals surface area contributed by atoms with Crippen molar-refractivity contribution in [3.05, 3.63) is 0 Å². The molecule has 0 aromatic rings. The molecule has 0 aromatic carbocycles. The molecular formula is C11H21NO3. The number of aliphatic hydroxyl groups is 1. The fraction of sp³-hybridized carbons (Fsp3) is 0.909. The third kappa shape index (κ3) is 4.62. The molecular weight excluding hydrogens is 194 g/mol. The second kappa shape index (κ2) is 6.08. The molecule has 0 bridgehead atoms. The van der Waals surface area contributed by atoms with Crippen LogP contribution in [-0.4, -0.2) is 47.8 Å². The average molecular weight is 215 g/mol. The highest BCUT2D eigenvalue weighted by molar-refractivity contribution is 5.69. The number of aliphatic hydroxyl groups excluding tert-OH is 1. The van der Waals surface area contributed by atoms with Gasteiger partial charge < -0.3 is 9.84 Å². The molecule has 1 saturated carbocycles. The van der Waals surface area contributed by atoms with Gasteiger partial charge in [-0.1, -0.05) is 6.92 Å². The molecule has 4 heteroatoms. The normalized spacial score (nSPS) is 17.9. The van der Waals surface area contributed by atoms with E-state index in [4.69, 9.17) is 4.74 Å². The van der Waals surface area contributed by atoms with E-state index in [2.05, 4.69) is 11.8 Å². The number of likely N-dealkylation sites (N-methyl/N-ethyl adjacent to an activating group) is 1. The molecule has 1 unspecified atom stereocenters. The van der Waals surface area contributed by atoms with E-state index in [-0.39, 0.29) is 12.4 Å². The summed E-state index contributed by atoms with van der Waals surface area (Å²) in [5.41, 5.74) is 0. The molecule has 0 radical (unpaired) electrons. The third-order valence-corrected chi connectivity index (χ3v) is 2.62. The first-order valence-corrected chi connectivity index (χ1v) is 5.75. The van der Waals surface area contributed by atoms with E-state index in [1.807, 2.05) is 0 Å². The summed E-state index contributed by atoms with van der Waals surface area (Å²) in [6.45, 7) is 5.75. The SMILES string of the molecule is CCOC(=O)CC(O)CN(CC)C1CC1. The predicted octanol–water partition coefficient (Wildman–Crippen LogP) is 0.785. The van der Waals surface area contributed by atoms with E-state index < -0.39 is 6.10 Å². The summed E-state index contributed by atoms with van der Waals surface area (Å²) in [5.74, 6) is -0.308. The molecule has 1 N–H and O–H groups in total. The van der Waals surface area contributed by atoms with E-state index in [1.165, 1.54) is 12.8 Å². The number of hydrogen-bond donors (Lipinski definition) is 1. The fourth-order valence-electron chi connectivity index (χ4n) is 1.72. The first-order chi connectivity index (χ1) is 7.17. The molecule has 0 aromatic heterocycles. The Morgan fingerprint density at radius 3 is 2.67 bits per heavy atom. The third-order valence-electron chi connectivity index (χ3n) is 2.62. The van der Waals surface area contributed by atoms with Crippen LogP contribution in [0.5, 0.6) is 0 Å². The number of esters is 1. The Morgan fingerprint density at radius 2 is 2.20 bits per heavy atom. The molecule has 4 nitrogen and oxygen atoms in total. The van der Waals surface area contributed by atoms with E-state index in [1.54, 1.807) is 6.92 Å². The van der Waals surface area contributed by atoms with Gasteiger partial charge in [0.1, 0.15) is 0 Å². The molecule has 0 amide bonds. The number of nitrogens with zero attached hydrogens (tertiary/aromatic N) is 1. The summed E-state index contributed by atoms with van der Waals surface area (Å²) >= 11 is 0. The number of carbonyl (C=O) groups excluding carboxylic acids is 1. The molecule has 88 valence electrons. The second-order valence-corrected chi connectivity index (χ2v) is 3.98. The van der Waals surface area contributed by atoms with E-state index in [0.29, 0.717) is 19.2 Å². The van der Waals surface area contributed by atoms with E-state index >= 15 is 0 Å². The summed E-state index contributed by atoms with van der Waals surface area (Å²) < 4.78 is 4.79. The van der Waals surface area contributed by atoms with Gasteiger partial charge in [-0.05, 0) is 26.3 Å². The molecule has 1 aliphatic carbocycles. The van der Waals surface area contributed by atoms with Crippen molar-refractivity contribution in [2.75, 3.05) is 19.7 Å². The van der Waals surface area contributed by atoms with Crippen LogP contribution in [0.3, 0.4) is 0 Å². The number of ether oxygens (including phenoxy) is 1. The van der Waals surface area contributed by atoms with Crippen molar-refractivity contribution >= 4 is 5.97 Å². The number of carbonyl (C=O) groups is 1. The average Bonchev–Trinajstić information content (AvgIpc) is 2.97. The largest absolute Gasteiger partial charge is 0.466 e. The van der Waals surface area contributed by atoms with Crippen molar-refractivity contribution in [1.82, 2.24) is 4.90 Å². The molecule has 1 fully saturated rings. The van der Waals surface area contributed by atoms with Gasteiger partial charge in [-0.2, -0.15) is 0 Å². The van der Waals surface area contributed by atoms with Crippen LogP contribution >= 0.6 is 0 Å². The minimum Gasteiger partial charge on any atom is -0.466 e. The molecule has 0 heterocycles. The zero-order valence-electron chi connectivity index (χ0n) is 9.61. The maximum atomic E-state index is 11.1. The molecule has 1 atom stereocenters. The Hall–Kier alpha value is -0.610. The Labute approximate surface area is 91.2 Å². The Kier molecular flexibility index (Phi) is 5.05. The van der Waals surface area contributed by atoms with Gasteiger partial charge in [0, 0.05) is 12.6 Å². The van der Waals surface area contributed by atoms with Gasteiger partial charge in [-0.25, -0.2) is 0 Å². The lowest BCUT2D eigenvalue weighted by Crippen LogP contribution is -2.35. The molecule has 0 saturated heterocycles. The minimum atomic E-state index is -0.593. The van der Waals surface area contributed by atoms with Crippen molar-refractivity contribution in [2.45, 2.75) is 45.3 Å². The Morgan fingerprint density at radius 1 is 1.53 bits per heavy atom. The van der Waals surface area contributed by atoms with Gasteiger partial charge in [-0.3, -0.25) is 9.69 Å². The van der Waals surface area contributed by atoms with Gasteiger partial charge in [0.05, 0.1) is 19.1 Å². The lowest BCUT2D eigenvalue weighted by molar-refractivity contribution is -0.145. The molecule has 0 spiro atoms. The molecule has 0 aliphatic heterocycles.